The van der Waals surface area contributed by atoms with Crippen LogP contribution in [0.4, 0.5) is 0 Å². The molecular formula is C12H21NO4. The summed E-state index contributed by atoms with van der Waals surface area (Å²) >= 11 is 0. The molecule has 0 aliphatic carbocycles. The Bertz CT molecular complexity index is 295. The molecule has 0 bridgehead atoms. The standard InChI is InChI=1S/C12H21NO4/c1-12(2,3)6-7-13-10(14)8-4-5-9(17-8)11(15)16/h8-9H,4-7H2,1-3H3,(H,13,14)(H,15,16). The Morgan fingerprint density at radius 1 is 1.29 bits per heavy atom. The second-order valence-electron chi connectivity index (χ2n) is 5.63. The van der Waals surface area contributed by atoms with Gasteiger partial charge in [-0.2, -0.15) is 0 Å². The molecule has 1 saturated heterocycles. The van der Waals surface area contributed by atoms with Crippen molar-refractivity contribution in [2.24, 2.45) is 5.41 Å². The first kappa shape index (κ1) is 14.0. The average Bonchev–Trinajstić information content (AvgIpc) is 2.63. The molecule has 1 aliphatic heterocycles. The Morgan fingerprint density at radius 3 is 2.35 bits per heavy atom. The van der Waals surface area contributed by atoms with Gasteiger partial charge in [-0.05, 0) is 24.7 Å². The molecule has 1 rings (SSSR count). The maximum atomic E-state index is 11.7. The topological polar surface area (TPSA) is 75.6 Å². The molecule has 1 heterocycles. The van der Waals surface area contributed by atoms with E-state index < -0.39 is 18.2 Å². The first-order valence-corrected chi connectivity index (χ1v) is 5.95. The van der Waals surface area contributed by atoms with Crippen molar-refractivity contribution in [3.8, 4) is 0 Å². The molecule has 1 aliphatic rings. The third-order valence-corrected chi connectivity index (χ3v) is 2.76. The smallest absolute Gasteiger partial charge is 0.332 e. The van der Waals surface area contributed by atoms with E-state index in [2.05, 4.69) is 26.1 Å². The van der Waals surface area contributed by atoms with Crippen molar-refractivity contribution in [1.29, 1.82) is 0 Å². The fourth-order valence-corrected chi connectivity index (χ4v) is 1.69. The Kier molecular flexibility index (Phi) is 4.51. The third kappa shape index (κ3) is 4.73. The molecule has 2 atom stereocenters. The zero-order valence-electron chi connectivity index (χ0n) is 10.7. The van der Waals surface area contributed by atoms with E-state index in [1.54, 1.807) is 0 Å². The van der Waals surface area contributed by atoms with Gasteiger partial charge in [0.25, 0.3) is 0 Å². The summed E-state index contributed by atoms with van der Waals surface area (Å²) in [6, 6.07) is 0. The molecule has 0 spiro atoms. The van der Waals surface area contributed by atoms with Gasteiger partial charge in [-0.15, -0.1) is 0 Å². The van der Waals surface area contributed by atoms with Crippen LogP contribution in [0.1, 0.15) is 40.0 Å². The molecule has 5 heteroatoms. The minimum atomic E-state index is -0.991. The van der Waals surface area contributed by atoms with E-state index in [0.29, 0.717) is 19.4 Å². The van der Waals surface area contributed by atoms with Crippen LogP contribution in [-0.2, 0) is 14.3 Å². The molecule has 98 valence electrons. The SMILES string of the molecule is CC(C)(C)CCNC(=O)C1CCC(C(=O)O)O1. The zero-order chi connectivity index (χ0) is 13.1. The van der Waals surface area contributed by atoms with Gasteiger partial charge in [-0.1, -0.05) is 20.8 Å². The molecule has 1 amide bonds. The van der Waals surface area contributed by atoms with Crippen molar-refractivity contribution in [3.63, 3.8) is 0 Å². The maximum absolute atomic E-state index is 11.7. The van der Waals surface area contributed by atoms with Crippen molar-refractivity contribution in [2.45, 2.75) is 52.2 Å². The van der Waals surface area contributed by atoms with E-state index in [1.807, 2.05) is 0 Å². The summed E-state index contributed by atoms with van der Waals surface area (Å²) in [5.74, 6) is -1.19. The van der Waals surface area contributed by atoms with Gasteiger partial charge >= 0.3 is 5.97 Å². The summed E-state index contributed by atoms with van der Waals surface area (Å²) in [7, 11) is 0. The number of rotatable bonds is 4. The predicted molar refractivity (Wildman–Crippen MR) is 62.6 cm³/mol. The molecule has 0 saturated carbocycles. The van der Waals surface area contributed by atoms with Crippen molar-refractivity contribution >= 4 is 11.9 Å². The van der Waals surface area contributed by atoms with Gasteiger partial charge in [0.1, 0.15) is 6.10 Å². The van der Waals surface area contributed by atoms with E-state index in [1.165, 1.54) is 0 Å². The number of amides is 1. The number of ether oxygens (including phenoxy) is 1. The maximum Gasteiger partial charge on any atom is 0.332 e. The van der Waals surface area contributed by atoms with Crippen molar-refractivity contribution < 1.29 is 19.4 Å². The van der Waals surface area contributed by atoms with Crippen LogP contribution in [0.5, 0.6) is 0 Å². The van der Waals surface area contributed by atoms with Crippen LogP contribution in [0, 0.1) is 5.41 Å². The highest BCUT2D eigenvalue weighted by atomic mass is 16.5. The summed E-state index contributed by atoms with van der Waals surface area (Å²) in [6.07, 6.45) is 0.350. The molecular weight excluding hydrogens is 222 g/mol. The second kappa shape index (κ2) is 5.49. The molecule has 0 aromatic heterocycles. The van der Waals surface area contributed by atoms with Gasteiger partial charge in [0.05, 0.1) is 0 Å². The van der Waals surface area contributed by atoms with Crippen LogP contribution in [0.3, 0.4) is 0 Å². The first-order valence-electron chi connectivity index (χ1n) is 5.95. The van der Waals surface area contributed by atoms with Gasteiger partial charge in [-0.25, -0.2) is 4.79 Å². The van der Waals surface area contributed by atoms with E-state index >= 15 is 0 Å². The van der Waals surface area contributed by atoms with E-state index in [9.17, 15) is 9.59 Å². The number of carbonyl (C=O) groups excluding carboxylic acids is 1. The average molecular weight is 243 g/mol. The number of carboxylic acid groups (broad SMARTS) is 1. The molecule has 5 nitrogen and oxygen atoms in total. The number of hydrogen-bond acceptors (Lipinski definition) is 3. The Balaban J connectivity index is 2.28. The number of hydrogen-bond donors (Lipinski definition) is 2. The molecule has 0 aromatic rings. The molecule has 1 fully saturated rings. The number of aliphatic carboxylic acids is 1. The molecule has 0 radical (unpaired) electrons. The largest absolute Gasteiger partial charge is 0.479 e. The summed E-state index contributed by atoms with van der Waals surface area (Å²) < 4.78 is 5.16. The van der Waals surface area contributed by atoms with Gasteiger partial charge in [0, 0.05) is 6.54 Å². The van der Waals surface area contributed by atoms with Crippen LogP contribution in [-0.4, -0.2) is 35.7 Å². The lowest BCUT2D eigenvalue weighted by atomic mass is 9.92. The lowest BCUT2D eigenvalue weighted by Crippen LogP contribution is -2.37. The van der Waals surface area contributed by atoms with Gasteiger partial charge in [-0.3, -0.25) is 4.79 Å². The Morgan fingerprint density at radius 2 is 1.88 bits per heavy atom. The minimum Gasteiger partial charge on any atom is -0.479 e. The van der Waals surface area contributed by atoms with E-state index in [4.69, 9.17) is 9.84 Å². The monoisotopic (exact) mass is 243 g/mol. The summed E-state index contributed by atoms with van der Waals surface area (Å²) in [5, 5.41) is 11.5. The van der Waals surface area contributed by atoms with E-state index in [0.717, 1.165) is 6.42 Å². The molecule has 0 aromatic carbocycles. The van der Waals surface area contributed by atoms with Crippen LogP contribution < -0.4 is 5.32 Å². The van der Waals surface area contributed by atoms with Crippen molar-refractivity contribution in [2.75, 3.05) is 6.54 Å². The summed E-state index contributed by atoms with van der Waals surface area (Å²) in [4.78, 5) is 22.3. The molecule has 2 N–H and O–H groups in total. The highest BCUT2D eigenvalue weighted by Gasteiger charge is 2.34. The third-order valence-electron chi connectivity index (χ3n) is 2.76. The molecule has 17 heavy (non-hydrogen) atoms. The minimum absolute atomic E-state index is 0.174. The predicted octanol–water partition coefficient (Wildman–Crippen LogP) is 1.17. The van der Waals surface area contributed by atoms with Gasteiger partial charge in [0.15, 0.2) is 6.10 Å². The highest BCUT2D eigenvalue weighted by Crippen LogP contribution is 2.20. The fourth-order valence-electron chi connectivity index (χ4n) is 1.69. The van der Waals surface area contributed by atoms with Gasteiger partial charge < -0.3 is 15.2 Å². The zero-order valence-corrected chi connectivity index (χ0v) is 10.7. The van der Waals surface area contributed by atoms with Crippen molar-refractivity contribution in [3.05, 3.63) is 0 Å². The Hall–Kier alpha value is -1.10. The summed E-state index contributed by atoms with van der Waals surface area (Å²) in [6.45, 7) is 6.91. The highest BCUT2D eigenvalue weighted by molar-refractivity contribution is 5.82. The number of nitrogens with one attached hydrogen (secondary N) is 1. The second-order valence-corrected chi connectivity index (χ2v) is 5.63. The Labute approximate surface area is 102 Å². The normalized spacial score (nSPS) is 24.6. The number of carboxylic acids is 1. The van der Waals surface area contributed by atoms with Crippen LogP contribution >= 0.6 is 0 Å². The lowest BCUT2D eigenvalue weighted by Gasteiger charge is -2.19. The fraction of sp³-hybridized carbons (Fsp3) is 0.833. The van der Waals surface area contributed by atoms with Crippen molar-refractivity contribution in [1.82, 2.24) is 5.32 Å². The molecule has 2 unspecified atom stereocenters. The van der Waals surface area contributed by atoms with Crippen LogP contribution in [0.2, 0.25) is 0 Å². The summed E-state index contributed by atoms with van der Waals surface area (Å²) in [5.41, 5.74) is 0.174. The van der Waals surface area contributed by atoms with Crippen LogP contribution in [0.25, 0.3) is 0 Å². The number of carbonyl (C=O) groups is 2. The quantitative estimate of drug-likeness (QED) is 0.777. The van der Waals surface area contributed by atoms with Crippen LogP contribution in [0.15, 0.2) is 0 Å². The van der Waals surface area contributed by atoms with Gasteiger partial charge in [0.2, 0.25) is 5.91 Å². The van der Waals surface area contributed by atoms with E-state index in [-0.39, 0.29) is 11.3 Å². The first-order chi connectivity index (χ1) is 7.79. The lowest BCUT2D eigenvalue weighted by molar-refractivity contribution is -0.151.